The number of carbonyl (C=O) groups is 2. The minimum Gasteiger partial charge on any atom is -0.379 e. The fraction of sp³-hybridized carbons (Fsp3) is 0.217. The van der Waals surface area contributed by atoms with Gasteiger partial charge < -0.3 is 26.7 Å². The quantitative estimate of drug-likeness (QED) is 0.218. The lowest BCUT2D eigenvalue weighted by Gasteiger charge is -2.12. The first-order chi connectivity index (χ1) is 17.6. The van der Waals surface area contributed by atoms with Crippen molar-refractivity contribution < 1.29 is 22.8 Å². The lowest BCUT2D eigenvalue weighted by Crippen LogP contribution is -2.40. The molecule has 0 aliphatic heterocycles. The number of hydrogen-bond donors (Lipinski definition) is 5. The second kappa shape index (κ2) is 11.7. The Kier molecular flexibility index (Phi) is 8.41. The topological polar surface area (TPSA) is 160 Å². The number of rotatable bonds is 9. The number of hydrogen-bond acceptors (Lipinski definition) is 7. The van der Waals surface area contributed by atoms with E-state index in [0.29, 0.717) is 28.0 Å². The molecule has 5 N–H and O–H groups in total. The summed E-state index contributed by atoms with van der Waals surface area (Å²) in [4.78, 5) is 28.0. The van der Waals surface area contributed by atoms with E-state index in [-0.39, 0.29) is 18.1 Å². The van der Waals surface area contributed by atoms with E-state index in [4.69, 9.17) is 10.7 Å². The van der Waals surface area contributed by atoms with Gasteiger partial charge in [0.2, 0.25) is 5.91 Å². The molecule has 1 aromatic carbocycles. The van der Waals surface area contributed by atoms with Gasteiger partial charge in [0.25, 0.3) is 0 Å². The average Bonchev–Trinajstić information content (AvgIpc) is 3.29. The molecule has 3 amide bonds. The number of nitriles is 1. The van der Waals surface area contributed by atoms with Crippen LogP contribution in [0, 0.1) is 16.7 Å². The standard InChI is InChI=1S/C23H22F3N9O2/c1-14(21(36)29-6-5-27)30-10-17(9-28)16-8-20-31-12-19(35(20)33-11-16)15-3-2-4-18(7-15)34-22(37)32-13-23(24,25)26/h2-4,7-12,14,28,30H,6,13H2,1H3,(H,29,36)(H2,32,34,37)/b17-10+,28-9?. The van der Waals surface area contributed by atoms with Gasteiger partial charge in [-0.2, -0.15) is 23.5 Å². The fourth-order valence-electron chi connectivity index (χ4n) is 3.12. The molecule has 192 valence electrons. The lowest BCUT2D eigenvalue weighted by atomic mass is 10.1. The number of amides is 3. The summed E-state index contributed by atoms with van der Waals surface area (Å²) in [6, 6.07) is 8.31. The van der Waals surface area contributed by atoms with E-state index in [1.54, 1.807) is 42.7 Å². The number of alkyl halides is 3. The maximum absolute atomic E-state index is 12.3. The Morgan fingerprint density at radius 1 is 1.24 bits per heavy atom. The molecule has 2 heterocycles. The summed E-state index contributed by atoms with van der Waals surface area (Å²) in [5, 5.41) is 30.1. The smallest absolute Gasteiger partial charge is 0.379 e. The fourth-order valence-corrected chi connectivity index (χ4v) is 3.12. The molecule has 1 atom stereocenters. The number of benzene rings is 1. The van der Waals surface area contributed by atoms with Gasteiger partial charge in [-0.15, -0.1) is 0 Å². The van der Waals surface area contributed by atoms with Gasteiger partial charge in [0, 0.05) is 34.8 Å². The van der Waals surface area contributed by atoms with E-state index in [9.17, 15) is 22.8 Å². The number of fused-ring (bicyclic) bond motifs is 1. The zero-order valence-corrected chi connectivity index (χ0v) is 19.4. The molecular formula is C23H22F3N9O2. The Bertz CT molecular complexity index is 1380. The van der Waals surface area contributed by atoms with Crippen molar-refractivity contribution in [2.45, 2.75) is 19.1 Å². The van der Waals surface area contributed by atoms with E-state index < -0.39 is 24.8 Å². The van der Waals surface area contributed by atoms with Gasteiger partial charge in [-0.1, -0.05) is 12.1 Å². The van der Waals surface area contributed by atoms with Gasteiger partial charge >= 0.3 is 12.2 Å². The molecule has 0 saturated heterocycles. The highest BCUT2D eigenvalue weighted by Crippen LogP contribution is 2.24. The maximum atomic E-state index is 12.3. The first-order valence-electron chi connectivity index (χ1n) is 10.8. The second-order valence-corrected chi connectivity index (χ2v) is 7.67. The number of anilines is 1. The zero-order valence-electron chi connectivity index (χ0n) is 19.4. The van der Waals surface area contributed by atoms with Crippen LogP contribution < -0.4 is 21.3 Å². The Morgan fingerprint density at radius 2 is 2.03 bits per heavy atom. The Labute approximate surface area is 208 Å². The minimum absolute atomic E-state index is 0.112. The Balaban J connectivity index is 1.77. The van der Waals surface area contributed by atoms with E-state index >= 15 is 0 Å². The third kappa shape index (κ3) is 7.28. The van der Waals surface area contributed by atoms with Gasteiger partial charge in [-0.3, -0.25) is 4.79 Å². The molecule has 1 unspecified atom stereocenters. The van der Waals surface area contributed by atoms with Gasteiger partial charge in [-0.05, 0) is 25.1 Å². The molecule has 0 fully saturated rings. The molecule has 2 aromatic heterocycles. The molecule has 37 heavy (non-hydrogen) atoms. The molecule has 3 aromatic rings. The zero-order chi connectivity index (χ0) is 27.0. The molecule has 0 aliphatic carbocycles. The maximum Gasteiger partial charge on any atom is 0.405 e. The van der Waals surface area contributed by atoms with Crippen LogP contribution >= 0.6 is 0 Å². The summed E-state index contributed by atoms with van der Waals surface area (Å²) >= 11 is 0. The van der Waals surface area contributed by atoms with Crippen LogP contribution in [0.2, 0.25) is 0 Å². The van der Waals surface area contributed by atoms with Gasteiger partial charge in [-0.25, -0.2) is 14.3 Å². The molecule has 0 aliphatic rings. The predicted octanol–water partition coefficient (Wildman–Crippen LogP) is 2.69. The molecule has 0 spiro atoms. The van der Waals surface area contributed by atoms with E-state index in [1.165, 1.54) is 23.0 Å². The number of nitrogens with zero attached hydrogens (tertiary/aromatic N) is 4. The molecule has 0 bridgehead atoms. The summed E-state index contributed by atoms with van der Waals surface area (Å²) in [5.41, 5.74) is 2.85. The minimum atomic E-state index is -4.52. The van der Waals surface area contributed by atoms with Gasteiger partial charge in [0.15, 0.2) is 5.65 Å². The Morgan fingerprint density at radius 3 is 2.73 bits per heavy atom. The number of allylic oxidation sites excluding steroid dienone is 1. The molecule has 0 radical (unpaired) electrons. The first-order valence-corrected chi connectivity index (χ1v) is 10.8. The van der Waals surface area contributed by atoms with Crippen molar-refractivity contribution in [3.8, 4) is 17.3 Å². The molecule has 3 rings (SSSR count). The number of carbonyl (C=O) groups excluding carboxylic acids is 2. The van der Waals surface area contributed by atoms with Crippen molar-refractivity contribution in [1.29, 1.82) is 10.7 Å². The third-order valence-corrected chi connectivity index (χ3v) is 4.94. The van der Waals surface area contributed by atoms with Crippen LogP contribution in [0.4, 0.5) is 23.7 Å². The molecule has 0 saturated carbocycles. The second-order valence-electron chi connectivity index (χ2n) is 7.67. The monoisotopic (exact) mass is 513 g/mol. The Hall–Kier alpha value is -4.93. The number of urea groups is 1. The highest BCUT2D eigenvalue weighted by Gasteiger charge is 2.27. The van der Waals surface area contributed by atoms with Gasteiger partial charge in [0.1, 0.15) is 19.1 Å². The largest absolute Gasteiger partial charge is 0.405 e. The average molecular weight is 513 g/mol. The number of halogens is 3. The van der Waals surface area contributed by atoms with Crippen molar-refractivity contribution in [3.05, 3.63) is 54.5 Å². The van der Waals surface area contributed by atoms with Crippen molar-refractivity contribution in [2.24, 2.45) is 0 Å². The van der Waals surface area contributed by atoms with Gasteiger partial charge in [0.05, 0.1) is 24.2 Å². The third-order valence-electron chi connectivity index (χ3n) is 4.94. The van der Waals surface area contributed by atoms with Crippen molar-refractivity contribution in [3.63, 3.8) is 0 Å². The number of nitrogens with one attached hydrogen (secondary N) is 5. The highest BCUT2D eigenvalue weighted by molar-refractivity contribution is 6.08. The summed E-state index contributed by atoms with van der Waals surface area (Å²) in [6.45, 7) is 0.0437. The van der Waals surface area contributed by atoms with Crippen LogP contribution in [-0.2, 0) is 4.79 Å². The molecule has 11 nitrogen and oxygen atoms in total. The SMILES string of the molecule is CC(N/C=C(\C=N)c1cnn2c(-c3cccc(NC(=O)NCC(F)(F)F)c3)cnc2c1)C(=O)NCC#N. The predicted molar refractivity (Wildman–Crippen MR) is 129 cm³/mol. The van der Waals surface area contributed by atoms with Crippen LogP contribution in [0.3, 0.4) is 0 Å². The van der Waals surface area contributed by atoms with Crippen LogP contribution in [0.25, 0.3) is 22.5 Å². The summed E-state index contributed by atoms with van der Waals surface area (Å²) in [7, 11) is 0. The number of aromatic nitrogens is 3. The van der Waals surface area contributed by atoms with Crippen LogP contribution in [0.1, 0.15) is 12.5 Å². The normalized spacial score (nSPS) is 12.4. The van der Waals surface area contributed by atoms with Crippen molar-refractivity contribution in [1.82, 2.24) is 30.5 Å². The van der Waals surface area contributed by atoms with E-state index in [2.05, 4.69) is 26.0 Å². The van der Waals surface area contributed by atoms with Crippen molar-refractivity contribution >= 4 is 35.1 Å². The van der Waals surface area contributed by atoms with E-state index in [0.717, 1.165) is 6.21 Å². The van der Waals surface area contributed by atoms with Crippen LogP contribution in [0.15, 0.2) is 48.9 Å². The molecular weight excluding hydrogens is 491 g/mol. The number of imidazole rings is 1. The lowest BCUT2D eigenvalue weighted by molar-refractivity contribution is -0.123. The summed E-state index contributed by atoms with van der Waals surface area (Å²) in [6.07, 6.45) is 1.10. The van der Waals surface area contributed by atoms with Crippen LogP contribution in [-0.4, -0.2) is 58.1 Å². The summed E-state index contributed by atoms with van der Waals surface area (Å²) < 4.78 is 38.4. The summed E-state index contributed by atoms with van der Waals surface area (Å²) in [5.74, 6) is -0.372. The van der Waals surface area contributed by atoms with E-state index in [1.807, 2.05) is 6.07 Å². The molecule has 14 heteroatoms. The van der Waals surface area contributed by atoms with Crippen LogP contribution in [0.5, 0.6) is 0 Å². The first kappa shape index (κ1) is 26.7. The highest BCUT2D eigenvalue weighted by atomic mass is 19.4. The van der Waals surface area contributed by atoms with Crippen molar-refractivity contribution in [2.75, 3.05) is 18.4 Å².